The van der Waals surface area contributed by atoms with Crippen LogP contribution in [0.1, 0.15) is 31.4 Å². The first-order valence-electron chi connectivity index (χ1n) is 9.48. The number of carbonyl (C=O) groups is 2. The molecular formula is C21H23Cl2N3O4. The number of nitro groups is 1. The van der Waals surface area contributed by atoms with Crippen molar-refractivity contribution in [1.29, 1.82) is 0 Å². The van der Waals surface area contributed by atoms with Crippen molar-refractivity contribution in [2.24, 2.45) is 0 Å². The second kappa shape index (κ2) is 10.9. The molecule has 0 saturated heterocycles. The van der Waals surface area contributed by atoms with Crippen molar-refractivity contribution in [1.82, 2.24) is 10.2 Å². The molecule has 9 heteroatoms. The molecule has 1 unspecified atom stereocenters. The van der Waals surface area contributed by atoms with E-state index in [1.165, 1.54) is 23.1 Å². The van der Waals surface area contributed by atoms with Gasteiger partial charge in [-0.3, -0.25) is 19.7 Å². The van der Waals surface area contributed by atoms with E-state index >= 15 is 0 Å². The van der Waals surface area contributed by atoms with Crippen LogP contribution < -0.4 is 5.32 Å². The summed E-state index contributed by atoms with van der Waals surface area (Å²) in [6, 6.07) is 10.2. The quantitative estimate of drug-likeness (QED) is 0.451. The van der Waals surface area contributed by atoms with E-state index < -0.39 is 16.9 Å². The molecule has 7 nitrogen and oxygen atoms in total. The van der Waals surface area contributed by atoms with Gasteiger partial charge in [0.1, 0.15) is 6.04 Å². The number of nitrogens with zero attached hydrogens (tertiary/aromatic N) is 2. The first kappa shape index (κ1) is 23.6. The Bertz CT molecular complexity index is 916. The predicted octanol–water partition coefficient (Wildman–Crippen LogP) is 4.39. The Morgan fingerprint density at radius 3 is 2.37 bits per heavy atom. The summed E-state index contributed by atoms with van der Waals surface area (Å²) in [5.74, 6) is -0.768. The third kappa shape index (κ3) is 5.93. The van der Waals surface area contributed by atoms with Gasteiger partial charge in [0.25, 0.3) is 5.69 Å². The fourth-order valence-corrected chi connectivity index (χ4v) is 3.45. The van der Waals surface area contributed by atoms with Gasteiger partial charge in [-0.1, -0.05) is 54.4 Å². The van der Waals surface area contributed by atoms with Crippen LogP contribution in [0.3, 0.4) is 0 Å². The van der Waals surface area contributed by atoms with E-state index in [9.17, 15) is 19.7 Å². The third-order valence-electron chi connectivity index (χ3n) is 4.64. The van der Waals surface area contributed by atoms with E-state index in [-0.39, 0.29) is 30.1 Å². The Labute approximate surface area is 185 Å². The normalized spacial score (nSPS) is 11.6. The molecule has 2 aromatic carbocycles. The highest BCUT2D eigenvalue weighted by Gasteiger charge is 2.28. The molecule has 1 atom stereocenters. The van der Waals surface area contributed by atoms with Gasteiger partial charge in [-0.05, 0) is 25.5 Å². The lowest BCUT2D eigenvalue weighted by molar-refractivity contribution is -0.385. The van der Waals surface area contributed by atoms with Crippen molar-refractivity contribution in [3.8, 4) is 0 Å². The van der Waals surface area contributed by atoms with E-state index in [2.05, 4.69) is 5.32 Å². The lowest BCUT2D eigenvalue weighted by Crippen LogP contribution is -2.48. The lowest BCUT2D eigenvalue weighted by Gasteiger charge is -2.29. The van der Waals surface area contributed by atoms with Crippen LogP contribution in [0.15, 0.2) is 42.5 Å². The van der Waals surface area contributed by atoms with Crippen molar-refractivity contribution in [3.05, 3.63) is 73.8 Å². The Kier molecular flexibility index (Phi) is 8.62. The van der Waals surface area contributed by atoms with Gasteiger partial charge in [0.05, 0.1) is 11.3 Å². The number of hydrogen-bond donors (Lipinski definition) is 1. The molecule has 0 heterocycles. The summed E-state index contributed by atoms with van der Waals surface area (Å²) in [5.41, 5.74) is 0.625. The van der Waals surface area contributed by atoms with Gasteiger partial charge >= 0.3 is 0 Å². The van der Waals surface area contributed by atoms with Gasteiger partial charge < -0.3 is 10.2 Å². The maximum Gasteiger partial charge on any atom is 0.273 e. The number of para-hydroxylation sites is 1. The number of halogens is 2. The highest BCUT2D eigenvalue weighted by Crippen LogP contribution is 2.27. The molecule has 1 N–H and O–H groups in total. The fraction of sp³-hybridized carbons (Fsp3) is 0.333. The SMILES string of the molecule is CCCNC(=O)C(C)N(Cc1c(Cl)cccc1Cl)C(=O)Cc1ccccc1[N+](=O)[O-]. The number of benzene rings is 2. The molecule has 0 spiro atoms. The minimum absolute atomic E-state index is 0.00131. The highest BCUT2D eigenvalue weighted by molar-refractivity contribution is 6.36. The summed E-state index contributed by atoms with van der Waals surface area (Å²) in [6.45, 7) is 4.00. The van der Waals surface area contributed by atoms with Gasteiger partial charge in [0.2, 0.25) is 11.8 Å². The zero-order valence-corrected chi connectivity index (χ0v) is 18.2. The minimum Gasteiger partial charge on any atom is -0.354 e. The van der Waals surface area contributed by atoms with Crippen molar-refractivity contribution in [3.63, 3.8) is 0 Å². The molecule has 0 aliphatic carbocycles. The molecule has 0 saturated carbocycles. The number of nitro benzene ring substituents is 1. The molecule has 0 radical (unpaired) electrons. The summed E-state index contributed by atoms with van der Waals surface area (Å²) < 4.78 is 0. The summed E-state index contributed by atoms with van der Waals surface area (Å²) in [5, 5.41) is 14.8. The molecule has 2 aromatic rings. The number of hydrogen-bond acceptors (Lipinski definition) is 4. The van der Waals surface area contributed by atoms with Crippen molar-refractivity contribution in [2.45, 2.75) is 39.3 Å². The largest absolute Gasteiger partial charge is 0.354 e. The first-order chi connectivity index (χ1) is 14.3. The predicted molar refractivity (Wildman–Crippen MR) is 117 cm³/mol. The average Bonchev–Trinajstić information content (AvgIpc) is 2.71. The topological polar surface area (TPSA) is 92.6 Å². The number of amides is 2. The van der Waals surface area contributed by atoms with E-state index in [0.717, 1.165) is 6.42 Å². The second-order valence-corrected chi connectivity index (χ2v) is 7.57. The number of nitrogens with one attached hydrogen (secondary N) is 1. The standard InChI is InChI=1S/C21H23Cl2N3O4/c1-3-11-24-21(28)14(2)25(13-16-17(22)8-6-9-18(16)23)20(27)12-15-7-4-5-10-19(15)26(29)30/h4-10,14H,3,11-13H2,1-2H3,(H,24,28). The van der Waals surface area contributed by atoms with Crippen LogP contribution in [-0.2, 0) is 22.6 Å². The molecule has 0 aliphatic rings. The maximum atomic E-state index is 13.2. The molecule has 0 aliphatic heterocycles. The van der Waals surface area contributed by atoms with E-state index in [1.807, 2.05) is 6.92 Å². The van der Waals surface area contributed by atoms with Crippen molar-refractivity contribution in [2.75, 3.05) is 6.54 Å². The molecule has 160 valence electrons. The third-order valence-corrected chi connectivity index (χ3v) is 5.34. The molecule has 2 rings (SSSR count). The number of rotatable bonds is 9. The molecule has 0 bridgehead atoms. The van der Waals surface area contributed by atoms with Crippen LogP contribution in [-0.4, -0.2) is 34.2 Å². The first-order valence-corrected chi connectivity index (χ1v) is 10.2. The van der Waals surface area contributed by atoms with Gasteiger partial charge in [-0.15, -0.1) is 0 Å². The summed E-state index contributed by atoms with van der Waals surface area (Å²) in [4.78, 5) is 37.8. The van der Waals surface area contributed by atoms with Crippen LogP contribution in [0.2, 0.25) is 10.0 Å². The van der Waals surface area contributed by atoms with Crippen LogP contribution in [0.4, 0.5) is 5.69 Å². The summed E-state index contributed by atoms with van der Waals surface area (Å²) >= 11 is 12.5. The lowest BCUT2D eigenvalue weighted by atomic mass is 10.1. The zero-order valence-electron chi connectivity index (χ0n) is 16.7. The Hall–Kier alpha value is -2.64. The fourth-order valence-electron chi connectivity index (χ4n) is 2.94. The second-order valence-electron chi connectivity index (χ2n) is 6.75. The van der Waals surface area contributed by atoms with Gasteiger partial charge in [0, 0.05) is 40.3 Å². The zero-order chi connectivity index (χ0) is 22.3. The van der Waals surface area contributed by atoms with Crippen LogP contribution >= 0.6 is 23.2 Å². The molecule has 30 heavy (non-hydrogen) atoms. The number of carbonyl (C=O) groups excluding carboxylic acids is 2. The molecule has 0 aromatic heterocycles. The Balaban J connectivity index is 2.36. The van der Waals surface area contributed by atoms with Crippen molar-refractivity contribution >= 4 is 40.7 Å². The van der Waals surface area contributed by atoms with Crippen molar-refractivity contribution < 1.29 is 14.5 Å². The minimum atomic E-state index is -0.820. The summed E-state index contributed by atoms with van der Waals surface area (Å²) in [7, 11) is 0. The Morgan fingerprint density at radius 1 is 1.13 bits per heavy atom. The smallest absolute Gasteiger partial charge is 0.273 e. The van der Waals surface area contributed by atoms with E-state index in [0.29, 0.717) is 22.2 Å². The summed E-state index contributed by atoms with van der Waals surface area (Å²) in [6.07, 6.45) is 0.517. The monoisotopic (exact) mass is 451 g/mol. The van der Waals surface area contributed by atoms with Gasteiger partial charge in [-0.25, -0.2) is 0 Å². The van der Waals surface area contributed by atoms with Gasteiger partial charge in [0.15, 0.2) is 0 Å². The molecule has 0 fully saturated rings. The highest BCUT2D eigenvalue weighted by atomic mass is 35.5. The van der Waals surface area contributed by atoms with Gasteiger partial charge in [-0.2, -0.15) is 0 Å². The van der Waals surface area contributed by atoms with Crippen LogP contribution in [0.5, 0.6) is 0 Å². The molecule has 2 amide bonds. The Morgan fingerprint density at radius 2 is 1.77 bits per heavy atom. The van der Waals surface area contributed by atoms with E-state index in [1.54, 1.807) is 31.2 Å². The average molecular weight is 452 g/mol. The molecular weight excluding hydrogens is 429 g/mol. The maximum absolute atomic E-state index is 13.2. The van der Waals surface area contributed by atoms with Crippen LogP contribution in [0.25, 0.3) is 0 Å². The van der Waals surface area contributed by atoms with E-state index in [4.69, 9.17) is 23.2 Å². The van der Waals surface area contributed by atoms with Crippen LogP contribution in [0, 0.1) is 10.1 Å².